The van der Waals surface area contributed by atoms with Gasteiger partial charge < -0.3 is 39.0 Å². The molecular formula is C15H32IN3O2. The molecule has 5 nitrogen and oxygen atoms in total. The first kappa shape index (κ1) is 22.9. The molecule has 0 saturated heterocycles. The van der Waals surface area contributed by atoms with E-state index in [0.717, 1.165) is 23.5 Å². The van der Waals surface area contributed by atoms with E-state index in [4.69, 9.17) is 5.21 Å². The van der Waals surface area contributed by atoms with Crippen LogP contribution in [0.15, 0.2) is 5.16 Å². The average Bonchev–Trinajstić information content (AvgIpc) is 2.35. The zero-order valence-electron chi connectivity index (χ0n) is 13.8. The number of halogens is 1. The van der Waals surface area contributed by atoms with Crippen LogP contribution in [-0.4, -0.2) is 56.0 Å². The highest BCUT2D eigenvalue weighted by molar-refractivity contribution is 6.25. The molecule has 0 bridgehead atoms. The zero-order chi connectivity index (χ0) is 15.3. The number of carbonyl (C=O) groups excluding carboxylic acids is 1. The third-order valence-corrected chi connectivity index (χ3v) is 3.23. The summed E-state index contributed by atoms with van der Waals surface area (Å²) < 4.78 is 1.06. The van der Waals surface area contributed by atoms with Gasteiger partial charge in [0.25, 0.3) is 5.91 Å². The summed E-state index contributed by atoms with van der Waals surface area (Å²) >= 11 is 0. The Morgan fingerprint density at radius 1 is 1.00 bits per heavy atom. The second-order valence-corrected chi connectivity index (χ2v) is 6.38. The van der Waals surface area contributed by atoms with Crippen molar-refractivity contribution in [1.82, 2.24) is 5.32 Å². The van der Waals surface area contributed by atoms with E-state index in [1.165, 1.54) is 45.1 Å². The van der Waals surface area contributed by atoms with Crippen molar-refractivity contribution in [1.29, 1.82) is 0 Å². The van der Waals surface area contributed by atoms with Crippen LogP contribution in [-0.2, 0) is 4.79 Å². The van der Waals surface area contributed by atoms with Crippen molar-refractivity contribution in [2.45, 2.75) is 51.4 Å². The summed E-state index contributed by atoms with van der Waals surface area (Å²) in [6, 6.07) is 0. The number of carbonyl (C=O) groups is 1. The number of oxime groups is 1. The van der Waals surface area contributed by atoms with Crippen LogP contribution in [0.25, 0.3) is 0 Å². The molecule has 0 aromatic heterocycles. The molecule has 0 radical (unpaired) electrons. The first-order valence-corrected chi connectivity index (χ1v) is 7.71. The molecule has 0 saturated carbocycles. The predicted octanol–water partition coefficient (Wildman–Crippen LogP) is -0.606. The van der Waals surface area contributed by atoms with Crippen molar-refractivity contribution in [2.75, 3.05) is 34.2 Å². The van der Waals surface area contributed by atoms with Crippen LogP contribution < -0.4 is 29.3 Å². The van der Waals surface area contributed by atoms with Crippen LogP contribution in [0.2, 0.25) is 0 Å². The van der Waals surface area contributed by atoms with Gasteiger partial charge in [-0.05, 0) is 19.3 Å². The number of unbranched alkanes of at least 4 members (excludes halogenated alkanes) is 7. The standard InChI is InChI=1S/C15H31N3O2.HI/c1-18(2,3)13-11-9-7-5-4-6-8-10-12-16-15(19)14-17-20;/h14H,4-13H2,1-3H3,(H-,16,19,20);1H. The highest BCUT2D eigenvalue weighted by Crippen LogP contribution is 2.09. The lowest BCUT2D eigenvalue weighted by Crippen LogP contribution is -3.00. The van der Waals surface area contributed by atoms with Gasteiger partial charge in [0.1, 0.15) is 6.21 Å². The Kier molecular flexibility index (Phi) is 15.9. The fraction of sp³-hybridized carbons (Fsp3) is 0.867. The van der Waals surface area contributed by atoms with Crippen LogP contribution in [0, 0.1) is 0 Å². The first-order chi connectivity index (χ1) is 9.45. The molecule has 0 aliphatic heterocycles. The molecular weight excluding hydrogens is 381 g/mol. The predicted molar refractivity (Wildman–Crippen MR) is 83.1 cm³/mol. The van der Waals surface area contributed by atoms with Gasteiger partial charge in [-0.15, -0.1) is 0 Å². The van der Waals surface area contributed by atoms with Crippen molar-refractivity contribution in [3.8, 4) is 0 Å². The minimum Gasteiger partial charge on any atom is -1.00 e. The molecule has 0 aliphatic rings. The fourth-order valence-corrected chi connectivity index (χ4v) is 2.08. The second kappa shape index (κ2) is 14.6. The van der Waals surface area contributed by atoms with Crippen molar-refractivity contribution in [3.05, 3.63) is 0 Å². The third kappa shape index (κ3) is 19.6. The topological polar surface area (TPSA) is 61.7 Å². The summed E-state index contributed by atoms with van der Waals surface area (Å²) in [5, 5.41) is 13.5. The molecule has 6 heteroatoms. The quantitative estimate of drug-likeness (QED) is 0.112. The lowest BCUT2D eigenvalue weighted by Gasteiger charge is -2.23. The minimum atomic E-state index is -0.329. The highest BCUT2D eigenvalue weighted by atomic mass is 127. The van der Waals surface area contributed by atoms with Gasteiger partial charge in [-0.1, -0.05) is 37.3 Å². The van der Waals surface area contributed by atoms with E-state index in [-0.39, 0.29) is 29.9 Å². The van der Waals surface area contributed by atoms with Gasteiger partial charge in [-0.2, -0.15) is 0 Å². The summed E-state index contributed by atoms with van der Waals surface area (Å²) in [6.07, 6.45) is 10.9. The Labute approximate surface area is 146 Å². The van der Waals surface area contributed by atoms with Gasteiger partial charge in [-0.25, -0.2) is 0 Å². The number of quaternary nitrogens is 1. The molecule has 2 N–H and O–H groups in total. The normalized spacial score (nSPS) is 11.4. The molecule has 0 heterocycles. The van der Waals surface area contributed by atoms with Crippen LogP contribution in [0.4, 0.5) is 0 Å². The van der Waals surface area contributed by atoms with E-state index < -0.39 is 0 Å². The Balaban J connectivity index is 0. The SMILES string of the molecule is C[N+](C)(C)CCCCCCCCCCNC(=O)/C=N\O.[I-]. The highest BCUT2D eigenvalue weighted by Gasteiger charge is 2.04. The van der Waals surface area contributed by atoms with Crippen molar-refractivity contribution in [2.24, 2.45) is 5.16 Å². The summed E-state index contributed by atoms with van der Waals surface area (Å²) in [4.78, 5) is 10.9. The molecule has 0 aromatic rings. The van der Waals surface area contributed by atoms with E-state index in [1.807, 2.05) is 0 Å². The molecule has 1 amide bonds. The van der Waals surface area contributed by atoms with E-state index in [9.17, 15) is 4.79 Å². The molecule has 0 aliphatic carbocycles. The van der Waals surface area contributed by atoms with Crippen molar-refractivity contribution >= 4 is 12.1 Å². The zero-order valence-corrected chi connectivity index (χ0v) is 15.9. The number of nitrogens with zero attached hydrogens (tertiary/aromatic N) is 2. The van der Waals surface area contributed by atoms with E-state index >= 15 is 0 Å². The molecule has 0 unspecified atom stereocenters. The first-order valence-electron chi connectivity index (χ1n) is 7.71. The average molecular weight is 413 g/mol. The molecule has 0 rings (SSSR count). The fourth-order valence-electron chi connectivity index (χ4n) is 2.08. The maximum atomic E-state index is 10.9. The number of hydrogen-bond donors (Lipinski definition) is 2. The van der Waals surface area contributed by atoms with Gasteiger partial charge in [0.05, 0.1) is 27.7 Å². The summed E-state index contributed by atoms with van der Waals surface area (Å²) in [5.41, 5.74) is 0. The molecule has 0 spiro atoms. The van der Waals surface area contributed by atoms with Gasteiger partial charge >= 0.3 is 0 Å². The molecule has 0 atom stereocenters. The van der Waals surface area contributed by atoms with E-state index in [1.54, 1.807) is 0 Å². The third-order valence-electron chi connectivity index (χ3n) is 3.23. The number of amides is 1. The van der Waals surface area contributed by atoms with Crippen LogP contribution in [0.1, 0.15) is 51.4 Å². The van der Waals surface area contributed by atoms with Gasteiger partial charge in [-0.3, -0.25) is 4.79 Å². The minimum absolute atomic E-state index is 0. The number of rotatable bonds is 12. The van der Waals surface area contributed by atoms with Gasteiger partial charge in [0.2, 0.25) is 0 Å². The maximum Gasteiger partial charge on any atom is 0.265 e. The summed E-state index contributed by atoms with van der Waals surface area (Å²) in [6.45, 7) is 1.92. The molecule has 21 heavy (non-hydrogen) atoms. The van der Waals surface area contributed by atoms with Crippen LogP contribution in [0.3, 0.4) is 0 Å². The monoisotopic (exact) mass is 413 g/mol. The number of hydrogen-bond acceptors (Lipinski definition) is 3. The van der Waals surface area contributed by atoms with E-state index in [0.29, 0.717) is 6.54 Å². The lowest BCUT2D eigenvalue weighted by molar-refractivity contribution is -0.870. The van der Waals surface area contributed by atoms with Gasteiger partial charge in [0.15, 0.2) is 0 Å². The van der Waals surface area contributed by atoms with Crippen molar-refractivity contribution in [3.63, 3.8) is 0 Å². The van der Waals surface area contributed by atoms with E-state index in [2.05, 4.69) is 31.6 Å². The van der Waals surface area contributed by atoms with Crippen LogP contribution >= 0.6 is 0 Å². The Bertz CT molecular complexity index is 279. The van der Waals surface area contributed by atoms with Gasteiger partial charge in [0, 0.05) is 6.54 Å². The Hall–Kier alpha value is -0.370. The number of nitrogens with one attached hydrogen (secondary N) is 1. The smallest absolute Gasteiger partial charge is 0.265 e. The second-order valence-electron chi connectivity index (χ2n) is 6.38. The molecule has 0 fully saturated rings. The summed E-state index contributed by atoms with van der Waals surface area (Å²) in [5.74, 6) is -0.329. The van der Waals surface area contributed by atoms with Crippen LogP contribution in [0.5, 0.6) is 0 Å². The summed E-state index contributed by atoms with van der Waals surface area (Å²) in [7, 11) is 6.72. The largest absolute Gasteiger partial charge is 1.00 e. The molecule has 0 aromatic carbocycles. The molecule has 126 valence electrons. The maximum absolute atomic E-state index is 10.9. The Morgan fingerprint density at radius 3 is 1.95 bits per heavy atom. The Morgan fingerprint density at radius 2 is 1.48 bits per heavy atom. The lowest BCUT2D eigenvalue weighted by atomic mass is 10.1. The van der Waals surface area contributed by atoms with Crippen molar-refractivity contribution < 1.29 is 38.5 Å².